The molecule has 0 atom stereocenters. The maximum atomic E-state index is 12.0. The zero-order chi connectivity index (χ0) is 19.9. The van der Waals surface area contributed by atoms with E-state index in [2.05, 4.69) is 0 Å². The second kappa shape index (κ2) is 6.91. The van der Waals surface area contributed by atoms with Crippen molar-refractivity contribution in [2.45, 2.75) is 18.4 Å². The lowest BCUT2D eigenvalue weighted by molar-refractivity contribution is 0.470. The normalized spacial score (nSPS) is 13.7. The van der Waals surface area contributed by atoms with Gasteiger partial charge in [-0.15, -0.1) is 0 Å². The van der Waals surface area contributed by atoms with Crippen LogP contribution >= 0.6 is 0 Å². The molecule has 0 aromatic heterocycles. The fourth-order valence-corrected chi connectivity index (χ4v) is 4.14. The number of nitrogens with two attached hydrogens (primary N) is 1. The second-order valence-electron chi connectivity index (χ2n) is 6.53. The number of hydrogen-bond acceptors (Lipinski definition) is 4. The molecule has 0 fully saturated rings. The van der Waals surface area contributed by atoms with Crippen LogP contribution in [0.5, 0.6) is 11.5 Å². The van der Waals surface area contributed by atoms with E-state index in [9.17, 15) is 13.0 Å². The Kier molecular flexibility index (Phi) is 4.55. The highest BCUT2D eigenvalue weighted by Gasteiger charge is 2.25. The molecule has 0 aliphatic carbocycles. The van der Waals surface area contributed by atoms with E-state index in [0.29, 0.717) is 29.2 Å². The quantitative estimate of drug-likeness (QED) is 0.522. The smallest absolute Gasteiger partial charge is 0.295 e. The first-order valence-electron chi connectivity index (χ1n) is 8.81. The molecule has 3 aromatic carbocycles. The molecule has 6 heteroatoms. The Balaban J connectivity index is 2.15. The topological polar surface area (TPSA) is 89.6 Å². The molecule has 0 saturated heterocycles. The van der Waals surface area contributed by atoms with Gasteiger partial charge in [-0.1, -0.05) is 42.5 Å². The Bertz CT molecular complexity index is 1310. The first-order chi connectivity index (χ1) is 13.4. The SMILES string of the molecule is C/C=c1\ccc2c(c1)Oc1cc(CN)ccc1C=2c1ccccc1S(=O)(=O)O. The van der Waals surface area contributed by atoms with Gasteiger partial charge in [0.2, 0.25) is 0 Å². The van der Waals surface area contributed by atoms with Crippen molar-refractivity contribution < 1.29 is 17.7 Å². The fraction of sp³-hybridized carbons (Fsp3) is 0.0909. The van der Waals surface area contributed by atoms with Gasteiger partial charge >= 0.3 is 0 Å². The number of hydrogen-bond donors (Lipinski definition) is 2. The Morgan fingerprint density at radius 1 is 1.00 bits per heavy atom. The first kappa shape index (κ1) is 18.4. The molecule has 0 amide bonds. The van der Waals surface area contributed by atoms with E-state index in [1.54, 1.807) is 18.2 Å². The minimum Gasteiger partial charge on any atom is -0.456 e. The molecular formula is C22H19NO4S. The molecular weight excluding hydrogens is 374 g/mol. The van der Waals surface area contributed by atoms with Crippen molar-refractivity contribution in [3.8, 4) is 11.5 Å². The van der Waals surface area contributed by atoms with Crippen LogP contribution in [0.4, 0.5) is 0 Å². The van der Waals surface area contributed by atoms with Crippen LogP contribution in [0.2, 0.25) is 0 Å². The second-order valence-corrected chi connectivity index (χ2v) is 7.92. The summed E-state index contributed by atoms with van der Waals surface area (Å²) in [5.41, 5.74) is 8.53. The van der Waals surface area contributed by atoms with Crippen LogP contribution in [0.25, 0.3) is 11.6 Å². The van der Waals surface area contributed by atoms with E-state index in [-0.39, 0.29) is 4.90 Å². The van der Waals surface area contributed by atoms with E-state index in [1.165, 1.54) is 6.07 Å². The summed E-state index contributed by atoms with van der Waals surface area (Å²) in [6.45, 7) is 2.30. The summed E-state index contributed by atoms with van der Waals surface area (Å²) < 4.78 is 39.9. The lowest BCUT2D eigenvalue weighted by atomic mass is 9.92. The van der Waals surface area contributed by atoms with Crippen LogP contribution in [-0.2, 0) is 16.7 Å². The van der Waals surface area contributed by atoms with Gasteiger partial charge in [-0.2, -0.15) is 8.42 Å². The standard InChI is InChI=1S/C22H19NO4S/c1-2-14-7-9-16-19(11-14)27-20-12-15(13-23)8-10-17(20)22(16)18-5-3-4-6-21(18)28(24,25)26/h2-12H,13,23H2,1H3,(H,24,25,26)/b14-2+. The predicted octanol–water partition coefficient (Wildman–Crippen LogP) is 2.55. The molecule has 0 radical (unpaired) electrons. The molecule has 5 nitrogen and oxygen atoms in total. The average Bonchev–Trinajstić information content (AvgIpc) is 2.70. The van der Waals surface area contributed by atoms with Crippen LogP contribution in [-0.4, -0.2) is 13.0 Å². The highest BCUT2D eigenvalue weighted by atomic mass is 32.2. The number of ether oxygens (including phenoxy) is 1. The predicted molar refractivity (Wildman–Crippen MR) is 108 cm³/mol. The Labute approximate surface area is 163 Å². The molecule has 0 spiro atoms. The molecule has 28 heavy (non-hydrogen) atoms. The van der Waals surface area contributed by atoms with Crippen LogP contribution in [0, 0.1) is 0 Å². The van der Waals surface area contributed by atoms with Gasteiger partial charge in [0.15, 0.2) is 0 Å². The minimum absolute atomic E-state index is 0.141. The molecule has 142 valence electrons. The zero-order valence-corrected chi connectivity index (χ0v) is 16.0. The lowest BCUT2D eigenvalue weighted by Gasteiger charge is -2.22. The van der Waals surface area contributed by atoms with E-state index in [4.69, 9.17) is 10.5 Å². The highest BCUT2D eigenvalue weighted by molar-refractivity contribution is 7.86. The third kappa shape index (κ3) is 3.11. The summed E-state index contributed by atoms with van der Waals surface area (Å²) in [5.74, 6) is 1.22. The molecule has 0 saturated carbocycles. The van der Waals surface area contributed by atoms with Gasteiger partial charge in [0.05, 0.1) is 0 Å². The van der Waals surface area contributed by atoms with Gasteiger partial charge in [-0.25, -0.2) is 0 Å². The van der Waals surface area contributed by atoms with Crippen LogP contribution in [0.3, 0.4) is 0 Å². The third-order valence-corrected chi connectivity index (χ3v) is 5.73. The molecule has 4 rings (SSSR count). The Hall–Kier alpha value is -2.93. The van der Waals surface area contributed by atoms with Gasteiger partial charge in [0.25, 0.3) is 10.1 Å². The summed E-state index contributed by atoms with van der Waals surface area (Å²) in [5, 5.41) is 1.74. The van der Waals surface area contributed by atoms with Crippen molar-refractivity contribution in [2.24, 2.45) is 5.73 Å². The van der Waals surface area contributed by atoms with Crippen molar-refractivity contribution >= 4 is 21.8 Å². The van der Waals surface area contributed by atoms with Gasteiger partial charge in [-0.05, 0) is 42.0 Å². The summed E-state index contributed by atoms with van der Waals surface area (Å²) >= 11 is 0. The minimum atomic E-state index is -4.40. The Morgan fingerprint density at radius 2 is 1.79 bits per heavy atom. The van der Waals surface area contributed by atoms with E-state index >= 15 is 0 Å². The summed E-state index contributed by atoms with van der Waals surface area (Å²) in [4.78, 5) is -0.141. The van der Waals surface area contributed by atoms with Crippen LogP contribution < -0.4 is 20.9 Å². The van der Waals surface area contributed by atoms with Crippen molar-refractivity contribution in [3.05, 3.63) is 87.8 Å². The molecule has 1 aliphatic heterocycles. The zero-order valence-electron chi connectivity index (χ0n) is 15.2. The maximum Gasteiger partial charge on any atom is 0.295 e. The lowest BCUT2D eigenvalue weighted by Crippen LogP contribution is -2.21. The van der Waals surface area contributed by atoms with Crippen LogP contribution in [0.1, 0.15) is 23.6 Å². The summed E-state index contributed by atoms with van der Waals surface area (Å²) in [6.07, 6.45) is 1.96. The van der Waals surface area contributed by atoms with Gasteiger partial charge in [-0.3, -0.25) is 4.55 Å². The maximum absolute atomic E-state index is 12.0. The molecule has 0 bridgehead atoms. The van der Waals surface area contributed by atoms with Crippen molar-refractivity contribution in [1.82, 2.24) is 0 Å². The monoisotopic (exact) mass is 393 g/mol. The van der Waals surface area contributed by atoms with Crippen molar-refractivity contribution in [1.29, 1.82) is 0 Å². The van der Waals surface area contributed by atoms with Crippen LogP contribution in [0.15, 0.2) is 65.6 Å². The summed E-state index contributed by atoms with van der Waals surface area (Å²) in [7, 11) is -4.40. The number of rotatable bonds is 3. The molecule has 1 aliphatic rings. The number of benzene rings is 3. The average molecular weight is 393 g/mol. The van der Waals surface area contributed by atoms with E-state index < -0.39 is 10.1 Å². The van der Waals surface area contributed by atoms with Gasteiger partial charge < -0.3 is 10.5 Å². The highest BCUT2D eigenvalue weighted by Crippen LogP contribution is 2.38. The van der Waals surface area contributed by atoms with Crippen molar-refractivity contribution in [3.63, 3.8) is 0 Å². The molecule has 1 heterocycles. The third-order valence-electron chi connectivity index (χ3n) is 4.81. The van der Waals surface area contributed by atoms with E-state index in [1.807, 2.05) is 49.4 Å². The molecule has 3 N–H and O–H groups in total. The summed E-state index contributed by atoms with van der Waals surface area (Å²) in [6, 6.07) is 17.8. The van der Waals surface area contributed by atoms with E-state index in [0.717, 1.165) is 21.6 Å². The Morgan fingerprint density at radius 3 is 2.50 bits per heavy atom. The molecule has 3 aromatic rings. The first-order valence-corrected chi connectivity index (χ1v) is 10.2. The van der Waals surface area contributed by atoms with Gasteiger partial charge in [0, 0.05) is 28.5 Å². The van der Waals surface area contributed by atoms with Crippen molar-refractivity contribution in [2.75, 3.05) is 0 Å². The van der Waals surface area contributed by atoms with Gasteiger partial charge in [0.1, 0.15) is 16.4 Å². The largest absolute Gasteiger partial charge is 0.456 e. The fourth-order valence-electron chi connectivity index (χ4n) is 3.45. The molecule has 0 unspecified atom stereocenters. The number of fused-ring (bicyclic) bond motifs is 2.